The molecule has 1 aliphatic heterocycles. The molecule has 1 saturated heterocycles. The van der Waals surface area contributed by atoms with Crippen LogP contribution in [0.3, 0.4) is 0 Å². The standard InChI is InChI=1S/C15H25NO3/c1-11(17)8-12-9-15(12)6-5-7-16(10-15)13(18)19-14(2,3)4/h12H,5-10H2,1-4H3. The van der Waals surface area contributed by atoms with Gasteiger partial charge in [0, 0.05) is 19.5 Å². The van der Waals surface area contributed by atoms with E-state index in [1.165, 1.54) is 0 Å². The Kier molecular flexibility index (Phi) is 3.63. The summed E-state index contributed by atoms with van der Waals surface area (Å²) in [5.74, 6) is 0.742. The van der Waals surface area contributed by atoms with Crippen molar-refractivity contribution < 1.29 is 14.3 Å². The van der Waals surface area contributed by atoms with Crippen molar-refractivity contribution in [2.24, 2.45) is 11.3 Å². The molecule has 1 heterocycles. The molecule has 0 bridgehead atoms. The summed E-state index contributed by atoms with van der Waals surface area (Å²) in [7, 11) is 0. The first-order valence-corrected chi connectivity index (χ1v) is 7.19. The van der Waals surface area contributed by atoms with Gasteiger partial charge in [0.2, 0.25) is 0 Å². The Morgan fingerprint density at radius 1 is 1.37 bits per heavy atom. The fourth-order valence-corrected chi connectivity index (χ4v) is 3.21. The minimum atomic E-state index is -0.440. The molecule has 1 amide bonds. The second-order valence-corrected chi connectivity index (χ2v) is 7.18. The summed E-state index contributed by atoms with van der Waals surface area (Å²) in [6.45, 7) is 8.87. The van der Waals surface area contributed by atoms with Crippen molar-refractivity contribution in [3.8, 4) is 0 Å². The third-order valence-electron chi connectivity index (χ3n) is 4.15. The van der Waals surface area contributed by atoms with Gasteiger partial charge in [0.1, 0.15) is 11.4 Å². The van der Waals surface area contributed by atoms with Crippen LogP contribution in [-0.4, -0.2) is 35.5 Å². The van der Waals surface area contributed by atoms with Gasteiger partial charge in [-0.15, -0.1) is 0 Å². The smallest absolute Gasteiger partial charge is 0.410 e. The topological polar surface area (TPSA) is 46.6 Å². The first kappa shape index (κ1) is 14.4. The molecule has 2 unspecified atom stereocenters. The number of hydrogen-bond acceptors (Lipinski definition) is 3. The number of carbonyl (C=O) groups is 2. The van der Waals surface area contributed by atoms with Crippen molar-refractivity contribution in [2.75, 3.05) is 13.1 Å². The molecular weight excluding hydrogens is 242 g/mol. The summed E-state index contributed by atoms with van der Waals surface area (Å²) in [6, 6.07) is 0. The highest BCUT2D eigenvalue weighted by Crippen LogP contribution is 2.59. The predicted molar refractivity (Wildman–Crippen MR) is 72.9 cm³/mol. The normalized spacial score (nSPS) is 30.3. The zero-order valence-corrected chi connectivity index (χ0v) is 12.5. The van der Waals surface area contributed by atoms with Crippen LogP contribution >= 0.6 is 0 Å². The molecule has 19 heavy (non-hydrogen) atoms. The summed E-state index contributed by atoms with van der Waals surface area (Å²) in [6.07, 6.45) is 3.71. The van der Waals surface area contributed by atoms with E-state index < -0.39 is 5.60 Å². The van der Waals surface area contributed by atoms with Gasteiger partial charge in [-0.1, -0.05) is 0 Å². The van der Waals surface area contributed by atoms with Gasteiger partial charge in [-0.3, -0.25) is 0 Å². The van der Waals surface area contributed by atoms with Gasteiger partial charge in [-0.05, 0) is 58.3 Å². The predicted octanol–water partition coefficient (Wildman–Crippen LogP) is 3.00. The molecule has 1 saturated carbocycles. The van der Waals surface area contributed by atoms with Crippen LogP contribution in [0, 0.1) is 11.3 Å². The highest BCUT2D eigenvalue weighted by atomic mass is 16.6. The Balaban J connectivity index is 1.92. The number of ether oxygens (including phenoxy) is 1. The van der Waals surface area contributed by atoms with Crippen LogP contribution in [0.1, 0.15) is 53.4 Å². The Hall–Kier alpha value is -1.06. The molecule has 0 aromatic heterocycles. The second kappa shape index (κ2) is 4.80. The number of likely N-dealkylation sites (tertiary alicyclic amines) is 1. The van der Waals surface area contributed by atoms with Crippen LogP contribution in [0.15, 0.2) is 0 Å². The van der Waals surface area contributed by atoms with E-state index in [1.54, 1.807) is 6.92 Å². The van der Waals surface area contributed by atoms with Gasteiger partial charge >= 0.3 is 6.09 Å². The van der Waals surface area contributed by atoms with E-state index in [1.807, 2.05) is 25.7 Å². The van der Waals surface area contributed by atoms with Gasteiger partial charge in [-0.25, -0.2) is 4.79 Å². The largest absolute Gasteiger partial charge is 0.444 e. The highest BCUT2D eigenvalue weighted by molar-refractivity contribution is 5.76. The maximum absolute atomic E-state index is 12.1. The molecule has 0 aromatic rings. The number of rotatable bonds is 2. The molecule has 1 spiro atoms. The zero-order chi connectivity index (χ0) is 14.3. The summed E-state index contributed by atoms with van der Waals surface area (Å²) in [5, 5.41) is 0. The first-order chi connectivity index (χ1) is 8.72. The van der Waals surface area contributed by atoms with E-state index in [-0.39, 0.29) is 17.3 Å². The minimum Gasteiger partial charge on any atom is -0.444 e. The number of ketones is 1. The zero-order valence-electron chi connectivity index (χ0n) is 12.5. The fourth-order valence-electron chi connectivity index (χ4n) is 3.21. The van der Waals surface area contributed by atoms with E-state index in [9.17, 15) is 9.59 Å². The van der Waals surface area contributed by atoms with Crippen molar-refractivity contribution in [1.82, 2.24) is 4.90 Å². The van der Waals surface area contributed by atoms with Crippen LogP contribution in [0.5, 0.6) is 0 Å². The van der Waals surface area contributed by atoms with E-state index in [2.05, 4.69) is 0 Å². The Labute approximate surface area is 115 Å². The number of carbonyl (C=O) groups excluding carboxylic acids is 2. The molecule has 0 aromatic carbocycles. The van der Waals surface area contributed by atoms with Crippen molar-refractivity contribution in [2.45, 2.75) is 59.0 Å². The van der Waals surface area contributed by atoms with Crippen LogP contribution in [0.4, 0.5) is 4.79 Å². The van der Waals surface area contributed by atoms with Crippen molar-refractivity contribution >= 4 is 11.9 Å². The lowest BCUT2D eigenvalue weighted by molar-refractivity contribution is -0.117. The van der Waals surface area contributed by atoms with E-state index >= 15 is 0 Å². The summed E-state index contributed by atoms with van der Waals surface area (Å²) >= 11 is 0. The molecule has 0 radical (unpaired) electrons. The van der Waals surface area contributed by atoms with Crippen LogP contribution in [0.2, 0.25) is 0 Å². The molecular formula is C15H25NO3. The third kappa shape index (κ3) is 3.48. The monoisotopic (exact) mass is 267 g/mol. The number of piperidine rings is 1. The van der Waals surface area contributed by atoms with E-state index in [0.29, 0.717) is 12.3 Å². The van der Waals surface area contributed by atoms with E-state index in [4.69, 9.17) is 4.74 Å². The number of Topliss-reactive ketones (excluding diaryl/α,β-unsaturated/α-hetero) is 1. The summed E-state index contributed by atoms with van der Waals surface area (Å²) in [5.41, 5.74) is -0.231. The molecule has 2 aliphatic rings. The lowest BCUT2D eigenvalue weighted by atomic mass is 9.91. The first-order valence-electron chi connectivity index (χ1n) is 7.19. The number of nitrogens with zero attached hydrogens (tertiary/aromatic N) is 1. The van der Waals surface area contributed by atoms with Crippen molar-refractivity contribution in [3.05, 3.63) is 0 Å². The van der Waals surface area contributed by atoms with Gasteiger partial charge in [0.25, 0.3) is 0 Å². The van der Waals surface area contributed by atoms with Gasteiger partial charge in [0.15, 0.2) is 0 Å². The lowest BCUT2D eigenvalue weighted by Gasteiger charge is -2.35. The van der Waals surface area contributed by atoms with Crippen LogP contribution in [-0.2, 0) is 9.53 Å². The third-order valence-corrected chi connectivity index (χ3v) is 4.15. The van der Waals surface area contributed by atoms with Gasteiger partial charge in [-0.2, -0.15) is 0 Å². The Bertz CT molecular complexity index is 385. The van der Waals surface area contributed by atoms with Crippen LogP contribution in [0.25, 0.3) is 0 Å². The molecule has 108 valence electrons. The molecule has 1 aliphatic carbocycles. The number of hydrogen-bond donors (Lipinski definition) is 0. The second-order valence-electron chi connectivity index (χ2n) is 7.18. The van der Waals surface area contributed by atoms with Gasteiger partial charge < -0.3 is 14.4 Å². The van der Waals surface area contributed by atoms with Crippen molar-refractivity contribution in [1.29, 1.82) is 0 Å². The Morgan fingerprint density at radius 3 is 2.63 bits per heavy atom. The van der Waals surface area contributed by atoms with Crippen molar-refractivity contribution in [3.63, 3.8) is 0 Å². The molecule has 2 fully saturated rings. The quantitative estimate of drug-likeness (QED) is 0.772. The average molecular weight is 267 g/mol. The number of amides is 1. The molecule has 0 N–H and O–H groups in total. The van der Waals surface area contributed by atoms with E-state index in [0.717, 1.165) is 32.4 Å². The summed E-state index contributed by atoms with van der Waals surface area (Å²) < 4.78 is 5.43. The molecule has 2 rings (SSSR count). The van der Waals surface area contributed by atoms with Crippen LogP contribution < -0.4 is 0 Å². The SMILES string of the molecule is CC(=O)CC1CC12CCCN(C(=O)OC(C)(C)C)C2. The Morgan fingerprint density at radius 2 is 2.05 bits per heavy atom. The minimum absolute atomic E-state index is 0.208. The molecule has 4 nitrogen and oxygen atoms in total. The van der Waals surface area contributed by atoms with Gasteiger partial charge in [0.05, 0.1) is 0 Å². The lowest BCUT2D eigenvalue weighted by Crippen LogP contribution is -2.44. The highest BCUT2D eigenvalue weighted by Gasteiger charge is 2.56. The maximum Gasteiger partial charge on any atom is 0.410 e. The molecule has 4 heteroatoms. The average Bonchev–Trinajstić information content (AvgIpc) is 2.86. The summed E-state index contributed by atoms with van der Waals surface area (Å²) in [4.78, 5) is 25.1. The maximum atomic E-state index is 12.1. The molecule has 2 atom stereocenters. The fraction of sp³-hybridized carbons (Fsp3) is 0.867.